The lowest BCUT2D eigenvalue weighted by molar-refractivity contribution is -0.195. The summed E-state index contributed by atoms with van der Waals surface area (Å²) in [5, 5.41) is 31.7. The van der Waals surface area contributed by atoms with Gasteiger partial charge in [-0.1, -0.05) is 91.0 Å². The van der Waals surface area contributed by atoms with E-state index in [2.05, 4.69) is 0 Å². The molecule has 1 fully saturated rings. The van der Waals surface area contributed by atoms with Crippen LogP contribution in [0.5, 0.6) is 0 Å². The molecule has 9 heteroatoms. The summed E-state index contributed by atoms with van der Waals surface area (Å²) in [6, 6.07) is 27.4. The third-order valence-electron chi connectivity index (χ3n) is 7.86. The summed E-state index contributed by atoms with van der Waals surface area (Å²) >= 11 is 0. The fourth-order valence-corrected chi connectivity index (χ4v) is 5.89. The van der Waals surface area contributed by atoms with E-state index >= 15 is 0 Å². The minimum atomic E-state index is -1.82. The molecule has 0 radical (unpaired) electrons. The van der Waals surface area contributed by atoms with Gasteiger partial charge in [0.2, 0.25) is 0 Å². The van der Waals surface area contributed by atoms with Gasteiger partial charge in [-0.2, -0.15) is 0 Å². The summed E-state index contributed by atoms with van der Waals surface area (Å²) in [4.78, 5) is 38.9. The Hall–Kier alpha value is -4.05. The molecule has 4 rings (SSSR count). The Bertz CT molecular complexity index is 1150. The largest absolute Gasteiger partial charge is 0.481 e. The smallest absolute Gasteiger partial charge is 0.312 e. The van der Waals surface area contributed by atoms with Gasteiger partial charge in [-0.05, 0) is 36.0 Å². The first kappa shape index (κ1) is 30.9. The molecule has 1 aliphatic carbocycles. The van der Waals surface area contributed by atoms with Crippen LogP contribution in [0.2, 0.25) is 0 Å². The molecule has 3 aromatic carbocycles. The van der Waals surface area contributed by atoms with E-state index in [4.69, 9.17) is 14.2 Å². The lowest BCUT2D eigenvalue weighted by Crippen LogP contribution is -2.59. The molecule has 42 heavy (non-hydrogen) atoms. The van der Waals surface area contributed by atoms with E-state index in [1.807, 2.05) is 91.0 Å². The Morgan fingerprint density at radius 3 is 0.929 bits per heavy atom. The zero-order valence-corrected chi connectivity index (χ0v) is 23.3. The summed E-state index contributed by atoms with van der Waals surface area (Å²) in [5.41, 5.74) is -3.05. The highest BCUT2D eigenvalue weighted by Gasteiger charge is 2.64. The molecular formula is C33H36O9. The second-order valence-electron chi connectivity index (χ2n) is 11.2. The van der Waals surface area contributed by atoms with E-state index in [1.54, 1.807) is 0 Å². The van der Waals surface area contributed by atoms with Crippen LogP contribution in [0.3, 0.4) is 0 Å². The summed E-state index contributed by atoms with van der Waals surface area (Å²) < 4.78 is 17.6. The molecule has 0 heterocycles. The first-order valence-corrected chi connectivity index (χ1v) is 13.7. The van der Waals surface area contributed by atoms with Crippen LogP contribution in [-0.4, -0.2) is 53.0 Å². The number of carboxylic acids is 3. The van der Waals surface area contributed by atoms with Crippen molar-refractivity contribution in [3.05, 3.63) is 108 Å². The van der Waals surface area contributed by atoms with Crippen LogP contribution < -0.4 is 0 Å². The lowest BCUT2D eigenvalue weighted by Gasteiger charge is -2.50. The monoisotopic (exact) mass is 576 g/mol. The third-order valence-corrected chi connectivity index (χ3v) is 7.86. The Balaban J connectivity index is 1.65. The molecule has 0 atom stereocenters. The minimum Gasteiger partial charge on any atom is -0.481 e. The summed E-state index contributed by atoms with van der Waals surface area (Å²) in [6.45, 7) is -0.864. The van der Waals surface area contributed by atoms with Crippen molar-refractivity contribution in [3.8, 4) is 0 Å². The van der Waals surface area contributed by atoms with Crippen LogP contribution >= 0.6 is 0 Å². The molecule has 0 bridgehead atoms. The predicted octanol–water partition coefficient (Wildman–Crippen LogP) is 5.03. The fourth-order valence-electron chi connectivity index (χ4n) is 5.89. The molecule has 0 amide bonds. The average Bonchev–Trinajstić information content (AvgIpc) is 2.98. The van der Waals surface area contributed by atoms with E-state index in [0.29, 0.717) is 0 Å². The standard InChI is InChI=1S/C33H36O9/c34-28(35)31(22-40-16-25-10-4-1-5-11-25)19-32(29(36)37,23-41-17-26-12-6-2-7-13-26)21-33(20-31,30(38)39)24-42-18-27-14-8-3-9-15-27/h1-15H,16-24H2,(H,34,35)(H,36,37)(H,38,39). The Labute approximate surface area is 244 Å². The number of carboxylic acid groups (broad SMARTS) is 3. The number of hydrogen-bond donors (Lipinski definition) is 3. The van der Waals surface area contributed by atoms with Gasteiger partial charge in [-0.15, -0.1) is 0 Å². The van der Waals surface area contributed by atoms with Gasteiger partial charge in [-0.3, -0.25) is 14.4 Å². The molecule has 9 nitrogen and oxygen atoms in total. The molecule has 3 aromatic rings. The van der Waals surface area contributed by atoms with E-state index in [1.165, 1.54) is 0 Å². The average molecular weight is 577 g/mol. The van der Waals surface area contributed by atoms with Crippen molar-refractivity contribution < 1.29 is 43.9 Å². The second-order valence-corrected chi connectivity index (χ2v) is 11.2. The molecule has 0 spiro atoms. The fraction of sp³-hybridized carbons (Fsp3) is 0.364. The Morgan fingerprint density at radius 1 is 0.476 bits per heavy atom. The van der Waals surface area contributed by atoms with Crippen LogP contribution in [0.4, 0.5) is 0 Å². The highest BCUT2D eigenvalue weighted by atomic mass is 16.5. The third kappa shape index (κ3) is 7.42. The number of ether oxygens (including phenoxy) is 3. The number of benzene rings is 3. The van der Waals surface area contributed by atoms with Crippen molar-refractivity contribution in [1.29, 1.82) is 0 Å². The molecule has 1 saturated carbocycles. The molecule has 0 saturated heterocycles. The van der Waals surface area contributed by atoms with Gasteiger partial charge in [0.05, 0.1) is 55.9 Å². The van der Waals surface area contributed by atoms with E-state index < -0.39 is 34.2 Å². The number of carbonyl (C=O) groups is 3. The molecule has 1 aliphatic rings. The normalized spacial score (nSPS) is 23.7. The first-order valence-electron chi connectivity index (χ1n) is 13.7. The Morgan fingerprint density at radius 2 is 0.714 bits per heavy atom. The zero-order valence-electron chi connectivity index (χ0n) is 23.3. The SMILES string of the molecule is O=C(O)C1(COCc2ccccc2)CC(COCc2ccccc2)(C(=O)O)CC(COCc2ccccc2)(C(=O)O)C1. The number of hydrogen-bond acceptors (Lipinski definition) is 6. The molecule has 0 unspecified atom stereocenters. The van der Waals surface area contributed by atoms with Crippen molar-refractivity contribution >= 4 is 17.9 Å². The Kier molecular flexibility index (Phi) is 10.1. The van der Waals surface area contributed by atoms with Gasteiger partial charge in [0.25, 0.3) is 0 Å². The van der Waals surface area contributed by atoms with Crippen LogP contribution in [-0.2, 0) is 48.4 Å². The van der Waals surface area contributed by atoms with Crippen LogP contribution in [0, 0.1) is 16.2 Å². The summed E-state index contributed by atoms with van der Waals surface area (Å²) in [7, 11) is 0. The van der Waals surface area contributed by atoms with E-state index in [-0.39, 0.29) is 58.9 Å². The highest BCUT2D eigenvalue weighted by molar-refractivity contribution is 5.84. The van der Waals surface area contributed by atoms with Gasteiger partial charge in [0, 0.05) is 0 Å². The topological polar surface area (TPSA) is 140 Å². The maximum Gasteiger partial charge on any atom is 0.312 e. The summed E-state index contributed by atoms with van der Waals surface area (Å²) in [6.07, 6.45) is -1.08. The van der Waals surface area contributed by atoms with Crippen molar-refractivity contribution in [2.24, 2.45) is 16.2 Å². The van der Waals surface area contributed by atoms with Crippen molar-refractivity contribution in [2.45, 2.75) is 39.1 Å². The number of aliphatic carboxylic acids is 3. The van der Waals surface area contributed by atoms with Gasteiger partial charge < -0.3 is 29.5 Å². The molecular weight excluding hydrogens is 540 g/mol. The van der Waals surface area contributed by atoms with E-state index in [9.17, 15) is 29.7 Å². The van der Waals surface area contributed by atoms with Crippen LogP contribution in [0.1, 0.15) is 36.0 Å². The molecule has 0 aromatic heterocycles. The maximum absolute atomic E-state index is 13.0. The maximum atomic E-state index is 13.0. The van der Waals surface area contributed by atoms with Crippen LogP contribution in [0.15, 0.2) is 91.0 Å². The molecule has 222 valence electrons. The summed E-state index contributed by atoms with van der Waals surface area (Å²) in [5.74, 6) is -3.96. The molecule has 0 aliphatic heterocycles. The van der Waals surface area contributed by atoms with Gasteiger partial charge in [0.15, 0.2) is 0 Å². The van der Waals surface area contributed by atoms with Gasteiger partial charge in [0.1, 0.15) is 0 Å². The van der Waals surface area contributed by atoms with Gasteiger partial charge >= 0.3 is 17.9 Å². The predicted molar refractivity (Wildman–Crippen MR) is 152 cm³/mol. The molecule has 3 N–H and O–H groups in total. The van der Waals surface area contributed by atoms with Crippen LogP contribution in [0.25, 0.3) is 0 Å². The highest BCUT2D eigenvalue weighted by Crippen LogP contribution is 2.56. The zero-order chi connectivity index (χ0) is 30.1. The van der Waals surface area contributed by atoms with E-state index in [0.717, 1.165) is 16.7 Å². The quantitative estimate of drug-likeness (QED) is 0.227. The first-order chi connectivity index (χ1) is 20.2. The van der Waals surface area contributed by atoms with Crippen molar-refractivity contribution in [2.75, 3.05) is 19.8 Å². The number of rotatable bonds is 15. The minimum absolute atomic E-state index is 0.0883. The lowest BCUT2D eigenvalue weighted by atomic mass is 9.53. The second kappa shape index (κ2) is 13.7. The van der Waals surface area contributed by atoms with Crippen molar-refractivity contribution in [1.82, 2.24) is 0 Å². The van der Waals surface area contributed by atoms with Crippen molar-refractivity contribution in [3.63, 3.8) is 0 Å². The van der Waals surface area contributed by atoms with Gasteiger partial charge in [-0.25, -0.2) is 0 Å².